The van der Waals surface area contributed by atoms with Gasteiger partial charge in [0.05, 0.1) is 4.47 Å². The fraction of sp³-hybridized carbons (Fsp3) is 0.462. The SMILES string of the molecule is CC1NCCCC1NC(=O)c1ccc(F)c(Br)c1. The molecule has 2 rings (SSSR count). The molecule has 1 amide bonds. The standard InChI is InChI=1S/C13H16BrFN2O/c1-8-12(3-2-6-16-8)17-13(18)9-4-5-11(15)10(14)7-9/h4-5,7-8,12,16H,2-3,6H2,1H3,(H,17,18). The molecule has 18 heavy (non-hydrogen) atoms. The van der Waals surface area contributed by atoms with Crippen molar-refractivity contribution in [3.8, 4) is 0 Å². The number of carbonyl (C=O) groups excluding carboxylic acids is 1. The number of benzene rings is 1. The molecule has 5 heteroatoms. The van der Waals surface area contributed by atoms with Crippen LogP contribution in [-0.2, 0) is 0 Å². The molecular formula is C13H16BrFN2O. The van der Waals surface area contributed by atoms with E-state index in [4.69, 9.17) is 0 Å². The van der Waals surface area contributed by atoms with Crippen LogP contribution in [0.3, 0.4) is 0 Å². The van der Waals surface area contributed by atoms with E-state index in [0.717, 1.165) is 19.4 Å². The van der Waals surface area contributed by atoms with Crippen LogP contribution in [0.2, 0.25) is 0 Å². The molecule has 1 heterocycles. The molecule has 0 spiro atoms. The van der Waals surface area contributed by atoms with Crippen molar-refractivity contribution in [2.45, 2.75) is 31.8 Å². The predicted molar refractivity (Wildman–Crippen MR) is 72.1 cm³/mol. The maximum Gasteiger partial charge on any atom is 0.251 e. The molecule has 2 unspecified atom stereocenters. The summed E-state index contributed by atoms with van der Waals surface area (Å²) >= 11 is 3.08. The van der Waals surface area contributed by atoms with Crippen molar-refractivity contribution in [2.24, 2.45) is 0 Å². The highest BCUT2D eigenvalue weighted by molar-refractivity contribution is 9.10. The molecule has 2 N–H and O–H groups in total. The molecule has 0 bridgehead atoms. The summed E-state index contributed by atoms with van der Waals surface area (Å²) in [6, 6.07) is 4.70. The van der Waals surface area contributed by atoms with Gasteiger partial charge < -0.3 is 10.6 Å². The van der Waals surface area contributed by atoms with Crippen molar-refractivity contribution < 1.29 is 9.18 Å². The highest BCUT2D eigenvalue weighted by Gasteiger charge is 2.22. The van der Waals surface area contributed by atoms with E-state index in [2.05, 4.69) is 33.5 Å². The summed E-state index contributed by atoms with van der Waals surface area (Å²) in [5, 5.41) is 6.31. The van der Waals surface area contributed by atoms with Crippen molar-refractivity contribution in [1.82, 2.24) is 10.6 Å². The van der Waals surface area contributed by atoms with E-state index in [9.17, 15) is 9.18 Å². The molecule has 0 radical (unpaired) electrons. The lowest BCUT2D eigenvalue weighted by Crippen LogP contribution is -2.51. The van der Waals surface area contributed by atoms with Gasteiger partial charge in [-0.15, -0.1) is 0 Å². The number of amides is 1. The average Bonchev–Trinajstić information content (AvgIpc) is 2.35. The fourth-order valence-corrected chi connectivity index (χ4v) is 2.51. The van der Waals surface area contributed by atoms with Crippen LogP contribution in [0, 0.1) is 5.82 Å². The Balaban J connectivity index is 2.04. The van der Waals surface area contributed by atoms with Gasteiger partial charge in [-0.25, -0.2) is 4.39 Å². The second-order valence-electron chi connectivity index (χ2n) is 4.59. The summed E-state index contributed by atoms with van der Waals surface area (Å²) in [6.07, 6.45) is 2.03. The summed E-state index contributed by atoms with van der Waals surface area (Å²) in [7, 11) is 0. The number of rotatable bonds is 2. The molecule has 2 atom stereocenters. The lowest BCUT2D eigenvalue weighted by molar-refractivity contribution is 0.0919. The van der Waals surface area contributed by atoms with Crippen LogP contribution in [0.4, 0.5) is 4.39 Å². The van der Waals surface area contributed by atoms with E-state index in [0.29, 0.717) is 10.0 Å². The first kappa shape index (κ1) is 13.5. The molecule has 98 valence electrons. The minimum atomic E-state index is -0.362. The van der Waals surface area contributed by atoms with Gasteiger partial charge in [-0.05, 0) is 60.4 Å². The normalized spacial score (nSPS) is 23.7. The third kappa shape index (κ3) is 3.09. The van der Waals surface area contributed by atoms with Gasteiger partial charge in [0, 0.05) is 17.6 Å². The summed E-state index contributed by atoms with van der Waals surface area (Å²) in [5.41, 5.74) is 0.473. The maximum absolute atomic E-state index is 13.1. The van der Waals surface area contributed by atoms with Gasteiger partial charge in [0.2, 0.25) is 0 Å². The summed E-state index contributed by atoms with van der Waals surface area (Å²) in [5.74, 6) is -0.518. The molecule has 1 fully saturated rings. The number of hydrogen-bond donors (Lipinski definition) is 2. The molecule has 0 saturated carbocycles. The summed E-state index contributed by atoms with van der Waals surface area (Å²) in [4.78, 5) is 12.0. The number of halogens is 2. The first-order chi connectivity index (χ1) is 8.58. The van der Waals surface area contributed by atoms with Gasteiger partial charge in [-0.2, -0.15) is 0 Å². The predicted octanol–water partition coefficient (Wildman–Crippen LogP) is 2.46. The van der Waals surface area contributed by atoms with E-state index in [1.54, 1.807) is 0 Å². The van der Waals surface area contributed by atoms with Crippen LogP contribution in [0.25, 0.3) is 0 Å². The van der Waals surface area contributed by atoms with Crippen molar-refractivity contribution >= 4 is 21.8 Å². The van der Waals surface area contributed by atoms with Crippen LogP contribution in [-0.4, -0.2) is 24.5 Å². The lowest BCUT2D eigenvalue weighted by Gasteiger charge is -2.30. The molecule has 0 aliphatic carbocycles. The van der Waals surface area contributed by atoms with E-state index < -0.39 is 0 Å². The number of hydrogen-bond acceptors (Lipinski definition) is 2. The van der Waals surface area contributed by atoms with Crippen LogP contribution < -0.4 is 10.6 Å². The lowest BCUT2D eigenvalue weighted by atomic mass is 9.99. The van der Waals surface area contributed by atoms with E-state index >= 15 is 0 Å². The molecule has 1 aliphatic heterocycles. The molecule has 3 nitrogen and oxygen atoms in total. The minimum absolute atomic E-state index is 0.134. The third-order valence-corrected chi connectivity index (χ3v) is 3.87. The van der Waals surface area contributed by atoms with E-state index in [1.165, 1.54) is 18.2 Å². The second-order valence-corrected chi connectivity index (χ2v) is 5.45. The van der Waals surface area contributed by atoms with Gasteiger partial charge in [-0.3, -0.25) is 4.79 Å². The van der Waals surface area contributed by atoms with Gasteiger partial charge in [0.25, 0.3) is 5.91 Å². The number of carbonyl (C=O) groups is 1. The van der Waals surface area contributed by atoms with Crippen molar-refractivity contribution in [3.05, 3.63) is 34.1 Å². The topological polar surface area (TPSA) is 41.1 Å². The van der Waals surface area contributed by atoms with E-state index in [-0.39, 0.29) is 23.8 Å². The Labute approximate surface area is 114 Å². The quantitative estimate of drug-likeness (QED) is 0.880. The van der Waals surface area contributed by atoms with Crippen LogP contribution in [0.15, 0.2) is 22.7 Å². The fourth-order valence-electron chi connectivity index (χ4n) is 2.13. The van der Waals surface area contributed by atoms with Gasteiger partial charge >= 0.3 is 0 Å². The van der Waals surface area contributed by atoms with Crippen LogP contribution in [0.1, 0.15) is 30.1 Å². The number of nitrogens with one attached hydrogen (secondary N) is 2. The summed E-state index contributed by atoms with van der Waals surface area (Å²) < 4.78 is 13.4. The first-order valence-electron chi connectivity index (χ1n) is 6.07. The molecule has 1 aromatic carbocycles. The highest BCUT2D eigenvalue weighted by atomic mass is 79.9. The number of piperidine rings is 1. The van der Waals surface area contributed by atoms with Gasteiger partial charge in [-0.1, -0.05) is 0 Å². The van der Waals surface area contributed by atoms with Crippen molar-refractivity contribution in [3.63, 3.8) is 0 Å². The third-order valence-electron chi connectivity index (χ3n) is 3.26. The smallest absolute Gasteiger partial charge is 0.251 e. The average molecular weight is 315 g/mol. The molecule has 0 aromatic heterocycles. The zero-order valence-corrected chi connectivity index (χ0v) is 11.8. The molecule has 1 aromatic rings. The zero-order valence-electron chi connectivity index (χ0n) is 10.2. The van der Waals surface area contributed by atoms with Crippen LogP contribution >= 0.6 is 15.9 Å². The Kier molecular flexibility index (Phi) is 4.35. The zero-order chi connectivity index (χ0) is 13.1. The monoisotopic (exact) mass is 314 g/mol. The Morgan fingerprint density at radius 2 is 2.33 bits per heavy atom. The Morgan fingerprint density at radius 1 is 1.56 bits per heavy atom. The molecular weight excluding hydrogens is 299 g/mol. The Bertz CT molecular complexity index is 453. The molecule has 1 saturated heterocycles. The second kappa shape index (κ2) is 5.80. The van der Waals surface area contributed by atoms with Crippen molar-refractivity contribution in [1.29, 1.82) is 0 Å². The van der Waals surface area contributed by atoms with E-state index in [1.807, 2.05) is 0 Å². The molecule has 1 aliphatic rings. The summed E-state index contributed by atoms with van der Waals surface area (Å²) in [6.45, 7) is 3.06. The highest BCUT2D eigenvalue weighted by Crippen LogP contribution is 2.17. The van der Waals surface area contributed by atoms with Crippen molar-refractivity contribution in [2.75, 3.05) is 6.54 Å². The Morgan fingerprint density at radius 3 is 3.00 bits per heavy atom. The Hall–Kier alpha value is -0.940. The van der Waals surface area contributed by atoms with Gasteiger partial charge in [0.15, 0.2) is 0 Å². The minimum Gasteiger partial charge on any atom is -0.348 e. The van der Waals surface area contributed by atoms with Crippen LogP contribution in [0.5, 0.6) is 0 Å². The van der Waals surface area contributed by atoms with Gasteiger partial charge in [0.1, 0.15) is 5.82 Å². The first-order valence-corrected chi connectivity index (χ1v) is 6.86. The largest absolute Gasteiger partial charge is 0.348 e. The maximum atomic E-state index is 13.1.